The van der Waals surface area contributed by atoms with Crippen LogP contribution >= 0.6 is 0 Å². The van der Waals surface area contributed by atoms with Gasteiger partial charge in [0.15, 0.2) is 6.61 Å². The van der Waals surface area contributed by atoms with Gasteiger partial charge < -0.3 is 14.8 Å². The highest BCUT2D eigenvalue weighted by atomic mass is 16.5. The van der Waals surface area contributed by atoms with Crippen molar-refractivity contribution in [2.75, 3.05) is 6.61 Å². The zero-order valence-corrected chi connectivity index (χ0v) is 15.3. The van der Waals surface area contributed by atoms with E-state index in [4.69, 9.17) is 9.47 Å². The van der Waals surface area contributed by atoms with E-state index in [-0.39, 0.29) is 24.2 Å². The molecule has 0 fully saturated rings. The number of fused-ring (bicyclic) bond motifs is 1. The van der Waals surface area contributed by atoms with Crippen molar-refractivity contribution in [1.29, 1.82) is 0 Å². The second kappa shape index (κ2) is 6.79. The fourth-order valence-electron chi connectivity index (χ4n) is 3.11. The molecule has 4 nitrogen and oxygen atoms in total. The first-order chi connectivity index (χ1) is 11.8. The van der Waals surface area contributed by atoms with Gasteiger partial charge in [-0.3, -0.25) is 4.79 Å². The van der Waals surface area contributed by atoms with Crippen LogP contribution in [0.5, 0.6) is 11.5 Å². The van der Waals surface area contributed by atoms with E-state index < -0.39 is 0 Å². The number of hydrogen-bond donors (Lipinski definition) is 1. The van der Waals surface area contributed by atoms with Crippen LogP contribution in [0.2, 0.25) is 0 Å². The maximum atomic E-state index is 12.4. The van der Waals surface area contributed by atoms with Crippen LogP contribution in [0.25, 0.3) is 0 Å². The van der Waals surface area contributed by atoms with E-state index in [2.05, 4.69) is 5.32 Å². The lowest BCUT2D eigenvalue weighted by Crippen LogP contribution is -2.42. The molecule has 1 atom stereocenters. The minimum absolute atomic E-state index is 0.00203. The van der Waals surface area contributed by atoms with Gasteiger partial charge in [-0.2, -0.15) is 0 Å². The highest BCUT2D eigenvalue weighted by molar-refractivity contribution is 5.78. The quantitative estimate of drug-likeness (QED) is 0.912. The molecular weight excluding hydrogens is 314 g/mol. The molecule has 3 rings (SSSR count). The summed E-state index contributed by atoms with van der Waals surface area (Å²) in [5.41, 5.74) is 3.00. The summed E-state index contributed by atoms with van der Waals surface area (Å²) in [7, 11) is 0. The molecule has 0 spiro atoms. The van der Waals surface area contributed by atoms with Gasteiger partial charge >= 0.3 is 0 Å². The zero-order chi connectivity index (χ0) is 18.0. The first-order valence-electron chi connectivity index (χ1n) is 8.61. The van der Waals surface area contributed by atoms with E-state index in [0.717, 1.165) is 28.9 Å². The van der Waals surface area contributed by atoms with Crippen LogP contribution in [-0.4, -0.2) is 18.1 Å². The average Bonchev–Trinajstić information content (AvgIpc) is 2.52. The lowest BCUT2D eigenvalue weighted by molar-refractivity contribution is -0.124. The van der Waals surface area contributed by atoms with Crippen molar-refractivity contribution < 1.29 is 14.3 Å². The zero-order valence-electron chi connectivity index (χ0n) is 15.3. The van der Waals surface area contributed by atoms with Gasteiger partial charge in [-0.05, 0) is 51.5 Å². The minimum Gasteiger partial charge on any atom is -0.487 e. The molecule has 2 aromatic rings. The molecule has 0 aromatic heterocycles. The van der Waals surface area contributed by atoms with E-state index in [0.29, 0.717) is 5.75 Å². The summed E-state index contributed by atoms with van der Waals surface area (Å²) in [6.07, 6.45) is 0.722. The van der Waals surface area contributed by atoms with Crippen molar-refractivity contribution in [1.82, 2.24) is 5.32 Å². The second-order valence-electron chi connectivity index (χ2n) is 7.33. The summed E-state index contributed by atoms with van der Waals surface area (Å²) in [6.45, 7) is 8.14. The number of aryl methyl sites for hydroxylation is 2. The molecule has 0 bridgehead atoms. The summed E-state index contributed by atoms with van der Waals surface area (Å²) < 4.78 is 11.6. The number of hydrogen-bond acceptors (Lipinski definition) is 3. The molecule has 0 unspecified atom stereocenters. The molecule has 4 heteroatoms. The van der Waals surface area contributed by atoms with Crippen molar-refractivity contribution in [3.05, 3.63) is 59.2 Å². The van der Waals surface area contributed by atoms with Gasteiger partial charge in [0.25, 0.3) is 5.91 Å². The molecule has 2 aromatic carbocycles. The molecule has 0 radical (unpaired) electrons. The third kappa shape index (κ3) is 4.32. The molecule has 25 heavy (non-hydrogen) atoms. The molecule has 1 amide bonds. The topological polar surface area (TPSA) is 47.6 Å². The Morgan fingerprint density at radius 2 is 1.84 bits per heavy atom. The smallest absolute Gasteiger partial charge is 0.258 e. The summed E-state index contributed by atoms with van der Waals surface area (Å²) >= 11 is 0. The molecular formula is C21H25NO3. The van der Waals surface area contributed by atoms with Crippen LogP contribution in [0.15, 0.2) is 42.5 Å². The first kappa shape index (κ1) is 17.3. The van der Waals surface area contributed by atoms with Crippen LogP contribution in [0.1, 0.15) is 43.0 Å². The Bertz CT molecular complexity index is 765. The predicted molar refractivity (Wildman–Crippen MR) is 98.1 cm³/mol. The van der Waals surface area contributed by atoms with Gasteiger partial charge in [0.05, 0.1) is 6.04 Å². The predicted octanol–water partition coefficient (Wildman–Crippen LogP) is 4.10. The van der Waals surface area contributed by atoms with E-state index in [1.165, 1.54) is 0 Å². The fourth-order valence-corrected chi connectivity index (χ4v) is 3.11. The van der Waals surface area contributed by atoms with Gasteiger partial charge in [-0.1, -0.05) is 29.8 Å². The number of ether oxygens (including phenoxy) is 2. The lowest BCUT2D eigenvalue weighted by atomic mass is 9.89. The summed E-state index contributed by atoms with van der Waals surface area (Å²) in [4.78, 5) is 12.4. The van der Waals surface area contributed by atoms with Crippen molar-refractivity contribution in [2.24, 2.45) is 0 Å². The number of rotatable bonds is 4. The van der Waals surface area contributed by atoms with Crippen molar-refractivity contribution in [2.45, 2.75) is 45.8 Å². The van der Waals surface area contributed by atoms with Gasteiger partial charge in [0.2, 0.25) is 0 Å². The normalized spacial score (nSPS) is 18.0. The maximum absolute atomic E-state index is 12.4. The van der Waals surface area contributed by atoms with Crippen LogP contribution in [0.4, 0.5) is 0 Å². The highest BCUT2D eigenvalue weighted by Gasteiger charge is 2.34. The SMILES string of the molecule is Cc1ccc(OCC(=O)N[C@@H]2CC(C)(C)Oc3cc(C)ccc32)cc1. The molecule has 0 aliphatic carbocycles. The standard InChI is InChI=1S/C21H25NO3/c1-14-5-8-16(9-6-14)24-13-20(23)22-18-12-21(3,4)25-19-11-15(2)7-10-17(18)19/h5-11,18H,12-13H2,1-4H3,(H,22,23)/t18-/m1/s1. The van der Waals surface area contributed by atoms with E-state index in [9.17, 15) is 4.79 Å². The van der Waals surface area contributed by atoms with Gasteiger partial charge in [-0.25, -0.2) is 0 Å². The van der Waals surface area contributed by atoms with Crippen molar-refractivity contribution >= 4 is 5.91 Å². The molecule has 132 valence electrons. The average molecular weight is 339 g/mol. The molecule has 1 N–H and O–H groups in total. The largest absolute Gasteiger partial charge is 0.487 e. The molecule has 1 aliphatic rings. The minimum atomic E-state index is -0.323. The van der Waals surface area contributed by atoms with Crippen LogP contribution in [0, 0.1) is 13.8 Å². The third-order valence-electron chi connectivity index (χ3n) is 4.35. The number of nitrogens with one attached hydrogen (secondary N) is 1. The number of carbonyl (C=O) groups excluding carboxylic acids is 1. The van der Waals surface area contributed by atoms with Gasteiger partial charge in [-0.15, -0.1) is 0 Å². The Balaban J connectivity index is 1.67. The van der Waals surface area contributed by atoms with Crippen molar-refractivity contribution in [3.63, 3.8) is 0 Å². The molecule has 0 saturated carbocycles. The third-order valence-corrected chi connectivity index (χ3v) is 4.35. The van der Waals surface area contributed by atoms with E-state index in [1.54, 1.807) is 0 Å². The highest BCUT2D eigenvalue weighted by Crippen LogP contribution is 2.39. The Labute approximate surface area is 149 Å². The van der Waals surface area contributed by atoms with Crippen LogP contribution in [0.3, 0.4) is 0 Å². The van der Waals surface area contributed by atoms with Crippen LogP contribution in [-0.2, 0) is 4.79 Å². The Kier molecular flexibility index (Phi) is 4.71. The summed E-state index contributed by atoms with van der Waals surface area (Å²) in [5, 5.41) is 3.09. The van der Waals surface area contributed by atoms with Crippen molar-refractivity contribution in [3.8, 4) is 11.5 Å². The molecule has 0 saturated heterocycles. The molecule has 1 heterocycles. The Morgan fingerprint density at radius 1 is 1.16 bits per heavy atom. The summed E-state index contributed by atoms with van der Waals surface area (Å²) in [5.74, 6) is 1.42. The maximum Gasteiger partial charge on any atom is 0.258 e. The number of amides is 1. The van der Waals surface area contributed by atoms with E-state index >= 15 is 0 Å². The lowest BCUT2D eigenvalue weighted by Gasteiger charge is -2.38. The second-order valence-corrected chi connectivity index (χ2v) is 7.33. The first-order valence-corrected chi connectivity index (χ1v) is 8.61. The Hall–Kier alpha value is -2.49. The Morgan fingerprint density at radius 3 is 2.56 bits per heavy atom. The van der Waals surface area contributed by atoms with Gasteiger partial charge in [0, 0.05) is 12.0 Å². The van der Waals surface area contributed by atoms with E-state index in [1.807, 2.05) is 70.2 Å². The van der Waals surface area contributed by atoms with Crippen LogP contribution < -0.4 is 14.8 Å². The molecule has 1 aliphatic heterocycles. The summed E-state index contributed by atoms with van der Waals surface area (Å²) in [6, 6.07) is 13.7. The number of benzene rings is 2. The fraction of sp³-hybridized carbons (Fsp3) is 0.381. The van der Waals surface area contributed by atoms with Gasteiger partial charge in [0.1, 0.15) is 17.1 Å². The monoisotopic (exact) mass is 339 g/mol. The number of carbonyl (C=O) groups is 1.